The van der Waals surface area contributed by atoms with Crippen LogP contribution < -0.4 is 10.6 Å². The van der Waals surface area contributed by atoms with E-state index in [0.29, 0.717) is 18.4 Å². The van der Waals surface area contributed by atoms with E-state index in [-0.39, 0.29) is 23.5 Å². The second-order valence-corrected chi connectivity index (χ2v) is 10.2. The van der Waals surface area contributed by atoms with E-state index in [0.717, 1.165) is 13.8 Å². The smallest absolute Gasteiger partial charge is 0.382 e. The van der Waals surface area contributed by atoms with Crippen molar-refractivity contribution in [1.29, 1.82) is 5.26 Å². The lowest BCUT2D eigenvalue weighted by atomic mass is 9.87. The van der Waals surface area contributed by atoms with Crippen molar-refractivity contribution in [3.05, 3.63) is 59.2 Å². The lowest BCUT2D eigenvalue weighted by molar-refractivity contribution is -0.151. The Hall–Kier alpha value is -2.84. The number of aliphatic hydroxyl groups is 1. The van der Waals surface area contributed by atoms with Crippen LogP contribution in [0.1, 0.15) is 62.7 Å². The van der Waals surface area contributed by atoms with E-state index in [1.807, 2.05) is 6.07 Å². The van der Waals surface area contributed by atoms with Gasteiger partial charge in [0.25, 0.3) is 6.43 Å². The standard InChI is InChI=1S/C26H29F6N3O2/c1-24(2,29)13-19(23(37)35-25(14-33)11-12-25)34-21(26(30,31)32)18-9-5-16(6-10-18)15-3-7-17(8-4-15)20(36)22(27)28/h3-5,7-10,16,19-22,34,36H,6,11-13H2,1-2H3,(H,35,37)/t16?,19-,20-,21-/m0/s1. The van der Waals surface area contributed by atoms with E-state index in [4.69, 9.17) is 0 Å². The molecule has 1 aromatic rings. The molecule has 37 heavy (non-hydrogen) atoms. The molecule has 3 N–H and O–H groups in total. The van der Waals surface area contributed by atoms with Gasteiger partial charge in [-0.3, -0.25) is 10.1 Å². The molecule has 0 heterocycles. The lowest BCUT2D eigenvalue weighted by Crippen LogP contribution is -2.56. The molecule has 1 amide bonds. The Balaban J connectivity index is 1.76. The van der Waals surface area contributed by atoms with E-state index >= 15 is 0 Å². The third-order valence-corrected chi connectivity index (χ3v) is 6.43. The highest BCUT2D eigenvalue weighted by Gasteiger charge is 2.48. The van der Waals surface area contributed by atoms with E-state index < -0.39 is 54.3 Å². The predicted octanol–water partition coefficient (Wildman–Crippen LogP) is 5.15. The van der Waals surface area contributed by atoms with Crippen LogP contribution in [0.5, 0.6) is 0 Å². The second-order valence-electron chi connectivity index (χ2n) is 10.2. The summed E-state index contributed by atoms with van der Waals surface area (Å²) in [5.41, 5.74) is -2.54. The minimum Gasteiger partial charge on any atom is -0.382 e. The summed E-state index contributed by atoms with van der Waals surface area (Å²) in [6.07, 6.45) is -5.12. The van der Waals surface area contributed by atoms with E-state index in [1.54, 1.807) is 0 Å². The van der Waals surface area contributed by atoms with Gasteiger partial charge in [0.2, 0.25) is 5.91 Å². The van der Waals surface area contributed by atoms with Gasteiger partial charge in [-0.15, -0.1) is 0 Å². The van der Waals surface area contributed by atoms with Gasteiger partial charge in [0.1, 0.15) is 23.4 Å². The van der Waals surface area contributed by atoms with Crippen LogP contribution in [0, 0.1) is 11.3 Å². The number of amides is 1. The summed E-state index contributed by atoms with van der Waals surface area (Å²) in [7, 11) is 0. The lowest BCUT2D eigenvalue weighted by Gasteiger charge is -2.32. The van der Waals surface area contributed by atoms with Crippen molar-refractivity contribution in [3.8, 4) is 6.07 Å². The molecule has 0 aromatic heterocycles. The van der Waals surface area contributed by atoms with Crippen molar-refractivity contribution >= 4 is 5.91 Å². The van der Waals surface area contributed by atoms with Crippen LogP contribution >= 0.6 is 0 Å². The molecular weight excluding hydrogens is 500 g/mol. The monoisotopic (exact) mass is 529 g/mol. The second kappa shape index (κ2) is 10.9. The molecule has 11 heteroatoms. The Morgan fingerprint density at radius 3 is 2.24 bits per heavy atom. The molecule has 0 saturated heterocycles. The minimum absolute atomic E-state index is 0.0283. The molecule has 3 rings (SSSR count). The molecule has 2 aliphatic rings. The molecule has 1 unspecified atom stereocenters. The summed E-state index contributed by atoms with van der Waals surface area (Å²) in [6.45, 7) is 2.31. The fourth-order valence-corrected chi connectivity index (χ4v) is 4.19. The number of hydrogen-bond acceptors (Lipinski definition) is 4. The summed E-state index contributed by atoms with van der Waals surface area (Å²) < 4.78 is 82.1. The van der Waals surface area contributed by atoms with Crippen molar-refractivity contribution in [2.24, 2.45) is 0 Å². The minimum atomic E-state index is -4.80. The SMILES string of the molecule is CC(C)(F)C[C@H](N[C@@H](C1=CCC(c2ccc([C@H](O)C(F)F)cc2)C=C1)C(F)(F)F)C(=O)NC1(C#N)CC1. The van der Waals surface area contributed by atoms with Crippen LogP contribution in [-0.4, -0.2) is 46.9 Å². The van der Waals surface area contributed by atoms with Crippen molar-refractivity contribution in [2.45, 2.75) is 87.4 Å². The highest BCUT2D eigenvalue weighted by atomic mass is 19.4. The van der Waals surface area contributed by atoms with Gasteiger partial charge in [-0.2, -0.15) is 18.4 Å². The zero-order valence-electron chi connectivity index (χ0n) is 20.3. The number of benzene rings is 1. The first-order valence-electron chi connectivity index (χ1n) is 11.8. The molecule has 2 aliphatic carbocycles. The normalized spacial score (nSPS) is 21.5. The molecule has 202 valence electrons. The molecule has 5 nitrogen and oxygen atoms in total. The molecule has 1 saturated carbocycles. The Bertz CT molecular complexity index is 1070. The van der Waals surface area contributed by atoms with Gasteiger partial charge in [-0.25, -0.2) is 13.2 Å². The van der Waals surface area contributed by atoms with Gasteiger partial charge < -0.3 is 10.4 Å². The molecular formula is C26H29F6N3O2. The fraction of sp³-hybridized carbons (Fsp3) is 0.538. The van der Waals surface area contributed by atoms with Crippen LogP contribution in [0.4, 0.5) is 26.3 Å². The summed E-state index contributed by atoms with van der Waals surface area (Å²) in [4.78, 5) is 12.8. The topological polar surface area (TPSA) is 85.2 Å². The summed E-state index contributed by atoms with van der Waals surface area (Å²) in [5, 5.41) is 23.4. The van der Waals surface area contributed by atoms with Crippen LogP contribution in [-0.2, 0) is 4.79 Å². The Labute approximate surface area is 211 Å². The van der Waals surface area contributed by atoms with Gasteiger partial charge in [0, 0.05) is 12.3 Å². The summed E-state index contributed by atoms with van der Waals surface area (Å²) in [5.74, 6) is -1.20. The van der Waals surface area contributed by atoms with Gasteiger partial charge >= 0.3 is 6.18 Å². The van der Waals surface area contributed by atoms with Crippen LogP contribution in [0.15, 0.2) is 48.1 Å². The Morgan fingerprint density at radius 2 is 1.81 bits per heavy atom. The van der Waals surface area contributed by atoms with Gasteiger partial charge in [0.05, 0.1) is 12.1 Å². The van der Waals surface area contributed by atoms with E-state index in [1.165, 1.54) is 42.5 Å². The number of nitrogens with zero attached hydrogens (tertiary/aromatic N) is 1. The number of aliphatic hydroxyl groups excluding tert-OH is 1. The van der Waals surface area contributed by atoms with Crippen LogP contribution in [0.25, 0.3) is 0 Å². The first-order valence-corrected chi connectivity index (χ1v) is 11.8. The van der Waals surface area contributed by atoms with E-state index in [9.17, 15) is 41.5 Å². The average Bonchev–Trinajstić information content (AvgIpc) is 3.59. The number of rotatable bonds is 10. The summed E-state index contributed by atoms with van der Waals surface area (Å²) >= 11 is 0. The van der Waals surface area contributed by atoms with Crippen LogP contribution in [0.2, 0.25) is 0 Å². The highest BCUT2D eigenvalue weighted by molar-refractivity contribution is 5.83. The predicted molar refractivity (Wildman–Crippen MR) is 124 cm³/mol. The summed E-state index contributed by atoms with van der Waals surface area (Å²) in [6, 6.07) is 3.87. The zero-order valence-corrected chi connectivity index (χ0v) is 20.3. The first kappa shape index (κ1) is 28.7. The molecule has 0 aliphatic heterocycles. The van der Waals surface area contributed by atoms with Crippen molar-refractivity contribution in [1.82, 2.24) is 10.6 Å². The number of nitrogens with one attached hydrogen (secondary N) is 2. The maximum absolute atomic E-state index is 14.4. The van der Waals surface area contributed by atoms with Gasteiger partial charge in [-0.05, 0) is 49.8 Å². The molecule has 0 bridgehead atoms. The van der Waals surface area contributed by atoms with Crippen molar-refractivity contribution in [2.75, 3.05) is 0 Å². The number of alkyl halides is 6. The third kappa shape index (κ3) is 7.58. The largest absolute Gasteiger partial charge is 0.407 e. The average molecular weight is 530 g/mol. The van der Waals surface area contributed by atoms with E-state index in [2.05, 4.69) is 10.6 Å². The zero-order chi connectivity index (χ0) is 27.6. The molecule has 4 atom stereocenters. The fourth-order valence-electron chi connectivity index (χ4n) is 4.19. The Kier molecular flexibility index (Phi) is 8.44. The highest BCUT2D eigenvalue weighted by Crippen LogP contribution is 2.36. The quantitative estimate of drug-likeness (QED) is 0.366. The van der Waals surface area contributed by atoms with Crippen molar-refractivity contribution in [3.63, 3.8) is 0 Å². The maximum Gasteiger partial charge on any atom is 0.407 e. The number of halogens is 6. The molecule has 1 aromatic carbocycles. The number of nitriles is 1. The molecule has 0 spiro atoms. The first-order chi connectivity index (χ1) is 17.1. The number of carbonyl (C=O) groups excluding carboxylic acids is 1. The molecule has 0 radical (unpaired) electrons. The molecule has 1 fully saturated rings. The van der Waals surface area contributed by atoms with Crippen LogP contribution in [0.3, 0.4) is 0 Å². The van der Waals surface area contributed by atoms with Gasteiger partial charge in [-0.1, -0.05) is 42.5 Å². The number of allylic oxidation sites excluding steroid dienone is 2. The van der Waals surface area contributed by atoms with Crippen molar-refractivity contribution < 1.29 is 36.2 Å². The number of carbonyl (C=O) groups is 1. The number of hydrogen-bond donors (Lipinski definition) is 3. The Morgan fingerprint density at radius 1 is 1.19 bits per heavy atom. The van der Waals surface area contributed by atoms with Gasteiger partial charge in [0.15, 0.2) is 0 Å². The third-order valence-electron chi connectivity index (χ3n) is 6.43. The maximum atomic E-state index is 14.4.